The molecular formula is C31H42O6. The van der Waals surface area contributed by atoms with Gasteiger partial charge < -0.3 is 18.9 Å². The minimum Gasteiger partial charge on any atom is -0.491 e. The lowest BCUT2D eigenvalue weighted by Crippen LogP contribution is -2.23. The van der Waals surface area contributed by atoms with Crippen LogP contribution < -0.4 is 9.47 Å². The highest BCUT2D eigenvalue weighted by Gasteiger charge is 2.24. The smallest absolute Gasteiger partial charge is 0.331 e. The van der Waals surface area contributed by atoms with Crippen LogP contribution in [0.3, 0.4) is 0 Å². The maximum atomic E-state index is 12.1. The summed E-state index contributed by atoms with van der Waals surface area (Å²) >= 11 is 0. The van der Waals surface area contributed by atoms with Gasteiger partial charge in [0.25, 0.3) is 0 Å². The van der Waals surface area contributed by atoms with Crippen LogP contribution in [0.25, 0.3) is 0 Å². The second kappa shape index (κ2) is 13.4. The zero-order valence-corrected chi connectivity index (χ0v) is 23.5. The summed E-state index contributed by atoms with van der Waals surface area (Å²) in [6, 6.07) is 16.0. The number of allylic oxidation sites excluding steroid dienone is 1. The lowest BCUT2D eigenvalue weighted by molar-refractivity contribution is -0.143. The molecule has 2 aromatic carbocycles. The fourth-order valence-electron chi connectivity index (χ4n) is 3.41. The van der Waals surface area contributed by atoms with Crippen molar-refractivity contribution in [1.29, 1.82) is 0 Å². The van der Waals surface area contributed by atoms with E-state index in [1.165, 1.54) is 17.7 Å². The highest BCUT2D eigenvalue weighted by atomic mass is 16.6. The Balaban J connectivity index is 1.90. The molecule has 0 spiro atoms. The van der Waals surface area contributed by atoms with Crippen molar-refractivity contribution in [2.75, 3.05) is 20.3 Å². The van der Waals surface area contributed by atoms with Gasteiger partial charge in [0, 0.05) is 24.0 Å². The molecule has 2 atom stereocenters. The second-order valence-electron chi connectivity index (χ2n) is 10.5. The van der Waals surface area contributed by atoms with Crippen molar-refractivity contribution < 1.29 is 28.5 Å². The van der Waals surface area contributed by atoms with Gasteiger partial charge in [0.2, 0.25) is 0 Å². The molecule has 0 saturated carbocycles. The molecule has 0 bridgehead atoms. The number of hydrogen-bond donors (Lipinski definition) is 0. The van der Waals surface area contributed by atoms with E-state index in [-0.39, 0.29) is 23.9 Å². The lowest BCUT2D eigenvalue weighted by Gasteiger charge is -2.26. The average Bonchev–Trinajstić information content (AvgIpc) is 2.89. The topological polar surface area (TPSA) is 71.1 Å². The maximum absolute atomic E-state index is 12.1. The molecule has 0 aliphatic rings. The van der Waals surface area contributed by atoms with Crippen LogP contribution in [0, 0.1) is 5.41 Å². The summed E-state index contributed by atoms with van der Waals surface area (Å²) < 4.78 is 22.1. The number of carbonyl (C=O) groups is 2. The molecule has 0 fully saturated rings. The molecule has 0 aromatic heterocycles. The van der Waals surface area contributed by atoms with Crippen molar-refractivity contribution in [3.63, 3.8) is 0 Å². The molecule has 2 unspecified atom stereocenters. The van der Waals surface area contributed by atoms with Gasteiger partial charge in [0.15, 0.2) is 5.78 Å². The van der Waals surface area contributed by atoms with Crippen molar-refractivity contribution in [3.8, 4) is 11.5 Å². The lowest BCUT2D eigenvalue weighted by atomic mass is 9.78. The standard InChI is InChI=1S/C31H42O6/c1-9-30(4,5)28(32)18-19-29(33)37-23(3)21-36-27-16-12-25(13-17-27)31(6,7)24-10-14-26(15-11-24)35-20-22(2)34-8/h10-19,22-23H,9,20-21H2,1-8H3/b19-18+. The summed E-state index contributed by atoms with van der Waals surface area (Å²) in [7, 11) is 1.67. The molecule has 0 N–H and O–H groups in total. The molecule has 2 aromatic rings. The molecular weight excluding hydrogens is 468 g/mol. The van der Waals surface area contributed by atoms with Gasteiger partial charge in [-0.05, 0) is 61.7 Å². The number of carbonyl (C=O) groups excluding carboxylic acids is 2. The van der Waals surface area contributed by atoms with Crippen LogP contribution in [-0.4, -0.2) is 44.3 Å². The van der Waals surface area contributed by atoms with E-state index in [1.54, 1.807) is 14.0 Å². The third-order valence-corrected chi connectivity index (χ3v) is 6.76. The maximum Gasteiger partial charge on any atom is 0.331 e. The summed E-state index contributed by atoms with van der Waals surface area (Å²) in [4.78, 5) is 24.2. The Hall–Kier alpha value is -3.12. The monoisotopic (exact) mass is 510 g/mol. The zero-order chi connectivity index (χ0) is 27.6. The van der Waals surface area contributed by atoms with Gasteiger partial charge in [-0.25, -0.2) is 4.79 Å². The fraction of sp³-hybridized carbons (Fsp3) is 0.484. The van der Waals surface area contributed by atoms with Crippen molar-refractivity contribution in [2.45, 2.75) is 72.5 Å². The Bertz CT molecular complexity index is 1030. The Morgan fingerprint density at radius 2 is 1.24 bits per heavy atom. The number of benzene rings is 2. The minimum absolute atomic E-state index is 0.0394. The van der Waals surface area contributed by atoms with Crippen molar-refractivity contribution in [3.05, 3.63) is 71.8 Å². The SMILES string of the molecule is CCC(C)(C)C(=O)/C=C/C(=O)OC(C)COc1ccc(C(C)(C)c2ccc(OCC(C)OC)cc2)cc1. The quantitative estimate of drug-likeness (QED) is 0.219. The number of hydrogen-bond acceptors (Lipinski definition) is 6. The number of esters is 1. The first-order valence-corrected chi connectivity index (χ1v) is 12.8. The van der Waals surface area contributed by atoms with E-state index in [0.29, 0.717) is 18.8 Å². The molecule has 0 heterocycles. The van der Waals surface area contributed by atoms with Crippen molar-refractivity contribution >= 4 is 11.8 Å². The van der Waals surface area contributed by atoms with Gasteiger partial charge in [0.05, 0.1) is 6.10 Å². The van der Waals surface area contributed by atoms with Crippen LogP contribution >= 0.6 is 0 Å². The van der Waals surface area contributed by atoms with Crippen LogP contribution in [-0.2, 0) is 24.5 Å². The van der Waals surface area contributed by atoms with Gasteiger partial charge in [0.1, 0.15) is 30.8 Å². The number of methoxy groups -OCH3 is 1. The highest BCUT2D eigenvalue weighted by Crippen LogP contribution is 2.33. The zero-order valence-electron chi connectivity index (χ0n) is 23.5. The molecule has 0 aliphatic carbocycles. The third kappa shape index (κ3) is 9.04. The van der Waals surface area contributed by atoms with E-state index in [2.05, 4.69) is 26.0 Å². The average molecular weight is 511 g/mol. The van der Waals surface area contributed by atoms with E-state index < -0.39 is 17.5 Å². The van der Waals surface area contributed by atoms with Gasteiger partial charge >= 0.3 is 5.97 Å². The Labute approximate surface area is 222 Å². The highest BCUT2D eigenvalue weighted by molar-refractivity contribution is 5.98. The Morgan fingerprint density at radius 3 is 1.68 bits per heavy atom. The molecule has 2 rings (SSSR count). The Morgan fingerprint density at radius 1 is 0.784 bits per heavy atom. The van der Waals surface area contributed by atoms with Gasteiger partial charge in [-0.2, -0.15) is 0 Å². The summed E-state index contributed by atoms with van der Waals surface area (Å²) in [6.07, 6.45) is 2.75. The number of ketones is 1. The van der Waals surface area contributed by atoms with Crippen LogP contribution in [0.15, 0.2) is 60.7 Å². The van der Waals surface area contributed by atoms with Gasteiger partial charge in [-0.1, -0.05) is 58.9 Å². The van der Waals surface area contributed by atoms with Crippen molar-refractivity contribution in [1.82, 2.24) is 0 Å². The minimum atomic E-state index is -0.557. The molecule has 37 heavy (non-hydrogen) atoms. The largest absolute Gasteiger partial charge is 0.491 e. The van der Waals surface area contributed by atoms with Gasteiger partial charge in [-0.3, -0.25) is 4.79 Å². The summed E-state index contributed by atoms with van der Waals surface area (Å²) in [5.41, 5.74) is 1.61. The predicted octanol–water partition coefficient (Wildman–Crippen LogP) is 6.30. The van der Waals surface area contributed by atoms with Crippen LogP contribution in [0.5, 0.6) is 11.5 Å². The van der Waals surface area contributed by atoms with Crippen molar-refractivity contribution in [2.24, 2.45) is 5.41 Å². The number of rotatable bonds is 14. The summed E-state index contributed by atoms with van der Waals surface area (Å²) in [5, 5.41) is 0. The van der Waals surface area contributed by atoms with Crippen LogP contribution in [0.2, 0.25) is 0 Å². The first kappa shape index (κ1) is 30.1. The van der Waals surface area contributed by atoms with Gasteiger partial charge in [-0.15, -0.1) is 0 Å². The predicted molar refractivity (Wildman–Crippen MR) is 146 cm³/mol. The molecule has 6 heteroatoms. The van der Waals surface area contributed by atoms with E-state index >= 15 is 0 Å². The molecule has 202 valence electrons. The first-order chi connectivity index (χ1) is 17.4. The third-order valence-electron chi connectivity index (χ3n) is 6.76. The first-order valence-electron chi connectivity index (χ1n) is 12.8. The molecule has 0 aliphatic heterocycles. The molecule has 6 nitrogen and oxygen atoms in total. The van der Waals surface area contributed by atoms with E-state index in [4.69, 9.17) is 18.9 Å². The normalized spacial score (nSPS) is 13.7. The van der Waals surface area contributed by atoms with E-state index in [0.717, 1.165) is 11.3 Å². The molecule has 0 saturated heterocycles. The number of ether oxygens (including phenoxy) is 4. The molecule has 0 amide bonds. The second-order valence-corrected chi connectivity index (χ2v) is 10.5. The van der Waals surface area contributed by atoms with Crippen LogP contribution in [0.4, 0.5) is 0 Å². The Kier molecular flexibility index (Phi) is 10.9. The fourth-order valence-corrected chi connectivity index (χ4v) is 3.41. The molecule has 0 radical (unpaired) electrons. The summed E-state index contributed by atoms with van der Waals surface area (Å²) in [6.45, 7) is 14.4. The van der Waals surface area contributed by atoms with E-state index in [9.17, 15) is 9.59 Å². The summed E-state index contributed by atoms with van der Waals surface area (Å²) in [5.74, 6) is 0.848. The van der Waals surface area contributed by atoms with Crippen LogP contribution in [0.1, 0.15) is 66.0 Å². The van der Waals surface area contributed by atoms with E-state index in [1.807, 2.05) is 64.1 Å².